The van der Waals surface area contributed by atoms with Gasteiger partial charge in [0.25, 0.3) is 27.8 Å². The summed E-state index contributed by atoms with van der Waals surface area (Å²) in [7, 11) is -1.02. The first-order valence-corrected chi connectivity index (χ1v) is 11.6. The van der Waals surface area contributed by atoms with Gasteiger partial charge in [-0.2, -0.15) is 17.0 Å². The number of ketones is 1. The van der Waals surface area contributed by atoms with Crippen LogP contribution in [0.25, 0.3) is 0 Å². The van der Waals surface area contributed by atoms with E-state index in [4.69, 9.17) is 0 Å². The number of carbonyl (C=O) groups excluding carboxylic acids is 3. The number of rotatable bonds is 7. The van der Waals surface area contributed by atoms with E-state index in [1.165, 1.54) is 47.6 Å². The summed E-state index contributed by atoms with van der Waals surface area (Å²) in [5.74, 6) is -2.93. The van der Waals surface area contributed by atoms with Gasteiger partial charge in [0, 0.05) is 33.7 Å². The Kier molecular flexibility index (Phi) is 7.06. The molecule has 2 unspecified atom stereocenters. The van der Waals surface area contributed by atoms with Crippen LogP contribution in [0.1, 0.15) is 25.3 Å². The number of amidine groups is 1. The van der Waals surface area contributed by atoms with Crippen LogP contribution in [-0.2, 0) is 31.1 Å². The third kappa shape index (κ3) is 4.57. The number of nitrogens with zero attached hydrogens (tertiary/aromatic N) is 4. The molecule has 0 aliphatic carbocycles. The van der Waals surface area contributed by atoms with E-state index < -0.39 is 45.7 Å². The second-order valence-corrected chi connectivity index (χ2v) is 9.80. The molecule has 1 aromatic rings. The Bertz CT molecular complexity index is 1040. The van der Waals surface area contributed by atoms with E-state index in [-0.39, 0.29) is 25.5 Å². The normalized spacial score (nSPS) is 21.6. The summed E-state index contributed by atoms with van der Waals surface area (Å²) >= 11 is 0. The number of hydrogen-bond acceptors (Lipinski definition) is 6. The Balaban J connectivity index is 1.89. The molecule has 2 atom stereocenters. The molecule has 0 saturated carbocycles. The summed E-state index contributed by atoms with van der Waals surface area (Å²) in [5, 5.41) is 2.54. The number of fused-ring (bicyclic) bond motifs is 1. The quantitative estimate of drug-likeness (QED) is 0.444. The Morgan fingerprint density at radius 1 is 1.25 bits per heavy atom. The Labute approximate surface area is 186 Å². The zero-order valence-electron chi connectivity index (χ0n) is 18.1. The first-order chi connectivity index (χ1) is 15.1. The Hall–Kier alpha value is -2.70. The van der Waals surface area contributed by atoms with Crippen molar-refractivity contribution in [3.8, 4) is 0 Å². The van der Waals surface area contributed by atoms with E-state index in [0.717, 1.165) is 4.31 Å². The lowest BCUT2D eigenvalue weighted by Gasteiger charge is -2.41. The van der Waals surface area contributed by atoms with Crippen LogP contribution in [0.15, 0.2) is 29.3 Å². The average molecular weight is 468 g/mol. The first kappa shape index (κ1) is 24.0. The number of likely N-dealkylation sites (N-methyl/N-ethyl adjacent to an activating group) is 1. The molecule has 2 amide bonds. The molecule has 2 aliphatic heterocycles. The van der Waals surface area contributed by atoms with Crippen LogP contribution < -0.4 is 5.32 Å². The van der Waals surface area contributed by atoms with Crippen LogP contribution in [0.2, 0.25) is 0 Å². The van der Waals surface area contributed by atoms with Crippen molar-refractivity contribution in [1.29, 1.82) is 0 Å². The molecule has 0 radical (unpaired) electrons. The van der Waals surface area contributed by atoms with E-state index in [2.05, 4.69) is 10.3 Å². The smallest absolute Gasteiger partial charge is 0.298 e. The lowest BCUT2D eigenvalue weighted by Crippen LogP contribution is -2.62. The van der Waals surface area contributed by atoms with E-state index >= 15 is 0 Å². The summed E-state index contributed by atoms with van der Waals surface area (Å²) in [6.45, 7) is 2.04. The topological polar surface area (TPSA) is 119 Å². The molecule has 1 fully saturated rings. The maximum absolute atomic E-state index is 13.1. The predicted octanol–water partition coefficient (Wildman–Crippen LogP) is -0.0890. The third-order valence-corrected chi connectivity index (χ3v) is 7.47. The van der Waals surface area contributed by atoms with Crippen LogP contribution in [0.3, 0.4) is 0 Å². The van der Waals surface area contributed by atoms with Crippen LogP contribution in [-0.4, -0.2) is 84.6 Å². The van der Waals surface area contributed by atoms with Gasteiger partial charge in [-0.1, -0.05) is 19.1 Å². The summed E-state index contributed by atoms with van der Waals surface area (Å²) < 4.78 is 40.9. The highest BCUT2D eigenvalue weighted by atomic mass is 32.2. The molecule has 0 spiro atoms. The SMILES string of the molecule is CCN(C1CCCN2C(=O)C(=O)C(C(=O)NCc3ccc(F)cc3)N=C12)S(=O)(=O)N(C)C. The number of aliphatic imine (C=N–C) groups is 1. The lowest BCUT2D eigenvalue weighted by atomic mass is 9.99. The molecule has 10 nitrogen and oxygen atoms in total. The van der Waals surface area contributed by atoms with Crippen molar-refractivity contribution >= 4 is 33.6 Å². The highest BCUT2D eigenvalue weighted by molar-refractivity contribution is 7.86. The standard InChI is InChI=1S/C20H26FN5O5S/c1-4-26(32(30,31)24(2)3)15-6-5-11-25-18(15)23-16(17(27)20(25)29)19(28)22-12-13-7-9-14(21)10-8-13/h7-10,15-16H,4-6,11-12H2,1-3H3,(H,22,28). The van der Waals surface area contributed by atoms with Gasteiger partial charge in [0.1, 0.15) is 11.7 Å². The number of hydrogen-bond donors (Lipinski definition) is 1. The number of piperidine rings is 1. The molecular formula is C20H26FN5O5S. The van der Waals surface area contributed by atoms with Crippen molar-refractivity contribution in [3.63, 3.8) is 0 Å². The number of amides is 2. The van der Waals surface area contributed by atoms with Gasteiger partial charge in [-0.25, -0.2) is 9.38 Å². The fraction of sp³-hybridized carbons (Fsp3) is 0.500. The lowest BCUT2D eigenvalue weighted by molar-refractivity contribution is -0.146. The largest absolute Gasteiger partial charge is 0.350 e. The number of Topliss-reactive ketones (excluding diaryl/α,β-unsaturated/α-hetero) is 1. The van der Waals surface area contributed by atoms with Gasteiger partial charge >= 0.3 is 0 Å². The average Bonchev–Trinajstić information content (AvgIpc) is 2.76. The van der Waals surface area contributed by atoms with Crippen molar-refractivity contribution < 1.29 is 27.2 Å². The van der Waals surface area contributed by atoms with Crippen molar-refractivity contribution in [2.24, 2.45) is 4.99 Å². The summed E-state index contributed by atoms with van der Waals surface area (Å²) in [4.78, 5) is 43.4. The van der Waals surface area contributed by atoms with Gasteiger partial charge in [0.15, 0.2) is 6.04 Å². The van der Waals surface area contributed by atoms with Crippen molar-refractivity contribution in [3.05, 3.63) is 35.6 Å². The number of nitrogens with one attached hydrogen (secondary N) is 1. The van der Waals surface area contributed by atoms with Crippen LogP contribution in [0.5, 0.6) is 0 Å². The highest BCUT2D eigenvalue weighted by Crippen LogP contribution is 2.25. The molecule has 2 heterocycles. The summed E-state index contributed by atoms with van der Waals surface area (Å²) in [5.41, 5.74) is 0.605. The van der Waals surface area contributed by atoms with Crippen LogP contribution in [0.4, 0.5) is 4.39 Å². The van der Waals surface area contributed by atoms with Crippen LogP contribution >= 0.6 is 0 Å². The summed E-state index contributed by atoms with van der Waals surface area (Å²) in [6.07, 6.45) is 0.894. The first-order valence-electron chi connectivity index (χ1n) is 10.2. The maximum atomic E-state index is 13.1. The number of carbonyl (C=O) groups is 3. The highest BCUT2D eigenvalue weighted by Gasteiger charge is 2.47. The van der Waals surface area contributed by atoms with E-state index in [0.29, 0.717) is 18.4 Å². The molecule has 12 heteroatoms. The zero-order chi connectivity index (χ0) is 23.6. The van der Waals surface area contributed by atoms with Gasteiger partial charge in [0.05, 0.1) is 6.04 Å². The predicted molar refractivity (Wildman–Crippen MR) is 114 cm³/mol. The number of benzene rings is 1. The molecule has 0 bridgehead atoms. The second-order valence-electron chi connectivity index (χ2n) is 7.71. The molecular weight excluding hydrogens is 441 g/mol. The van der Waals surface area contributed by atoms with Crippen molar-refractivity contribution in [2.45, 2.75) is 38.4 Å². The molecule has 174 valence electrons. The van der Waals surface area contributed by atoms with E-state index in [9.17, 15) is 27.2 Å². The zero-order valence-corrected chi connectivity index (χ0v) is 18.9. The van der Waals surface area contributed by atoms with Gasteiger partial charge in [-0.3, -0.25) is 19.3 Å². The summed E-state index contributed by atoms with van der Waals surface area (Å²) in [6, 6.07) is 3.08. The monoisotopic (exact) mass is 467 g/mol. The maximum Gasteiger partial charge on any atom is 0.298 e. The minimum atomic E-state index is -3.83. The van der Waals surface area contributed by atoms with Gasteiger partial charge < -0.3 is 5.32 Å². The molecule has 1 aromatic carbocycles. The third-order valence-electron chi connectivity index (χ3n) is 5.44. The Morgan fingerprint density at radius 2 is 1.91 bits per heavy atom. The van der Waals surface area contributed by atoms with E-state index in [1.54, 1.807) is 6.92 Å². The van der Waals surface area contributed by atoms with E-state index in [1.807, 2.05) is 0 Å². The van der Waals surface area contributed by atoms with Crippen molar-refractivity contribution in [1.82, 2.24) is 18.8 Å². The number of halogens is 1. The Morgan fingerprint density at radius 3 is 2.50 bits per heavy atom. The molecule has 1 saturated heterocycles. The van der Waals surface area contributed by atoms with Crippen molar-refractivity contribution in [2.75, 3.05) is 27.2 Å². The van der Waals surface area contributed by atoms with Gasteiger partial charge in [-0.05, 0) is 30.5 Å². The van der Waals surface area contributed by atoms with Gasteiger partial charge in [-0.15, -0.1) is 0 Å². The second kappa shape index (κ2) is 9.43. The minimum absolute atomic E-state index is 0.0190. The fourth-order valence-electron chi connectivity index (χ4n) is 3.76. The molecule has 3 rings (SSSR count). The fourth-order valence-corrected chi connectivity index (χ4v) is 5.03. The molecule has 1 N–H and O–H groups in total. The van der Waals surface area contributed by atoms with Crippen LogP contribution in [0, 0.1) is 5.82 Å². The molecule has 2 aliphatic rings. The molecule has 0 aromatic heterocycles. The minimum Gasteiger partial charge on any atom is -0.350 e. The van der Waals surface area contributed by atoms with Gasteiger partial charge in [0.2, 0.25) is 0 Å². The molecule has 32 heavy (non-hydrogen) atoms.